The topological polar surface area (TPSA) is 12.0 Å². The van der Waals surface area contributed by atoms with Gasteiger partial charge in [0.15, 0.2) is 0 Å². The highest BCUT2D eigenvalue weighted by Crippen LogP contribution is 2.35. The van der Waals surface area contributed by atoms with Crippen molar-refractivity contribution in [3.05, 3.63) is 0 Å². The van der Waals surface area contributed by atoms with E-state index in [9.17, 15) is 0 Å². The highest BCUT2D eigenvalue weighted by molar-refractivity contribution is 4.90. The maximum atomic E-state index is 3.77. The number of rotatable bonds is 0. The predicted octanol–water partition coefficient (Wildman–Crippen LogP) is 2.56. The van der Waals surface area contributed by atoms with E-state index in [1.807, 2.05) is 0 Å². The lowest BCUT2D eigenvalue weighted by Gasteiger charge is -2.43. The van der Waals surface area contributed by atoms with Crippen LogP contribution in [0.4, 0.5) is 0 Å². The van der Waals surface area contributed by atoms with Gasteiger partial charge >= 0.3 is 0 Å². The highest BCUT2D eigenvalue weighted by Gasteiger charge is 2.34. The van der Waals surface area contributed by atoms with Gasteiger partial charge in [0, 0.05) is 12.1 Å². The first-order valence-electron chi connectivity index (χ1n) is 5.53. The summed E-state index contributed by atoms with van der Waals surface area (Å²) < 4.78 is 0. The molecule has 12 heavy (non-hydrogen) atoms. The molecule has 1 aliphatic heterocycles. The molecule has 0 aromatic rings. The second-order valence-electron chi connectivity index (χ2n) is 4.84. The second kappa shape index (κ2) is 3.37. The monoisotopic (exact) mass is 167 g/mol. The number of hydrogen-bond donors (Lipinski definition) is 1. The Bertz CT molecular complexity index is 155. The lowest BCUT2D eigenvalue weighted by Crippen LogP contribution is -2.51. The Kier molecular flexibility index (Phi) is 2.40. The fourth-order valence-corrected chi connectivity index (χ4v) is 3.03. The van der Waals surface area contributed by atoms with Crippen molar-refractivity contribution in [3.63, 3.8) is 0 Å². The first-order valence-corrected chi connectivity index (χ1v) is 5.53. The molecule has 1 saturated heterocycles. The van der Waals surface area contributed by atoms with Crippen molar-refractivity contribution in [1.29, 1.82) is 0 Å². The molecule has 70 valence electrons. The molecule has 4 atom stereocenters. The fourth-order valence-electron chi connectivity index (χ4n) is 3.03. The molecule has 0 amide bonds. The number of piperidine rings is 1. The smallest absolute Gasteiger partial charge is 0.0123 e. The highest BCUT2D eigenvalue weighted by atomic mass is 15.0. The third kappa shape index (κ3) is 1.52. The van der Waals surface area contributed by atoms with E-state index in [0.29, 0.717) is 0 Å². The SMILES string of the molecule is C[C@H]1CC[C@H]2CCC[C@H](C)[C@H]2N1. The van der Waals surface area contributed by atoms with Gasteiger partial charge in [-0.1, -0.05) is 13.3 Å². The summed E-state index contributed by atoms with van der Waals surface area (Å²) >= 11 is 0. The van der Waals surface area contributed by atoms with Crippen molar-refractivity contribution in [2.45, 2.75) is 58.0 Å². The zero-order chi connectivity index (χ0) is 8.55. The van der Waals surface area contributed by atoms with E-state index in [4.69, 9.17) is 0 Å². The van der Waals surface area contributed by atoms with E-state index in [0.717, 1.165) is 23.9 Å². The van der Waals surface area contributed by atoms with Gasteiger partial charge in [-0.25, -0.2) is 0 Å². The molecular weight excluding hydrogens is 146 g/mol. The van der Waals surface area contributed by atoms with Gasteiger partial charge in [-0.15, -0.1) is 0 Å². The molecule has 1 aliphatic carbocycles. The van der Waals surface area contributed by atoms with Gasteiger partial charge in [-0.3, -0.25) is 0 Å². The summed E-state index contributed by atoms with van der Waals surface area (Å²) in [4.78, 5) is 0. The Labute approximate surface area is 75.9 Å². The molecule has 0 aromatic carbocycles. The molecule has 2 rings (SSSR count). The van der Waals surface area contributed by atoms with Crippen LogP contribution in [0.3, 0.4) is 0 Å². The van der Waals surface area contributed by atoms with Crippen LogP contribution in [-0.2, 0) is 0 Å². The molecule has 1 heteroatoms. The van der Waals surface area contributed by atoms with Crippen LogP contribution in [0.15, 0.2) is 0 Å². The Morgan fingerprint density at radius 3 is 2.67 bits per heavy atom. The second-order valence-corrected chi connectivity index (χ2v) is 4.84. The van der Waals surface area contributed by atoms with Crippen molar-refractivity contribution >= 4 is 0 Å². The predicted molar refractivity (Wildman–Crippen MR) is 52.1 cm³/mol. The van der Waals surface area contributed by atoms with Crippen LogP contribution < -0.4 is 5.32 Å². The molecule has 1 N–H and O–H groups in total. The minimum atomic E-state index is 0.770. The van der Waals surface area contributed by atoms with Crippen LogP contribution in [0, 0.1) is 11.8 Å². The number of nitrogens with one attached hydrogen (secondary N) is 1. The molecule has 0 aromatic heterocycles. The molecule has 0 bridgehead atoms. The van der Waals surface area contributed by atoms with Crippen LogP contribution in [0.1, 0.15) is 46.0 Å². The van der Waals surface area contributed by atoms with E-state index < -0.39 is 0 Å². The summed E-state index contributed by atoms with van der Waals surface area (Å²) in [6, 6.07) is 1.62. The zero-order valence-corrected chi connectivity index (χ0v) is 8.34. The average Bonchev–Trinajstić information content (AvgIpc) is 2.07. The molecule has 0 radical (unpaired) electrons. The van der Waals surface area contributed by atoms with Crippen LogP contribution in [-0.4, -0.2) is 12.1 Å². The molecule has 0 spiro atoms. The summed E-state index contributed by atoms with van der Waals surface area (Å²) in [6.07, 6.45) is 7.27. The Hall–Kier alpha value is -0.0400. The lowest BCUT2D eigenvalue weighted by molar-refractivity contribution is 0.134. The molecule has 1 nitrogen and oxygen atoms in total. The Morgan fingerprint density at radius 1 is 1.00 bits per heavy atom. The van der Waals surface area contributed by atoms with Crippen LogP contribution in [0.5, 0.6) is 0 Å². The Morgan fingerprint density at radius 2 is 1.83 bits per heavy atom. The normalized spacial score (nSPS) is 48.5. The fraction of sp³-hybridized carbons (Fsp3) is 1.00. The maximum Gasteiger partial charge on any atom is 0.0123 e. The minimum Gasteiger partial charge on any atom is -0.311 e. The van der Waals surface area contributed by atoms with Gasteiger partial charge in [-0.05, 0) is 44.4 Å². The average molecular weight is 167 g/mol. The van der Waals surface area contributed by atoms with Crippen molar-refractivity contribution in [1.82, 2.24) is 5.32 Å². The maximum absolute atomic E-state index is 3.77. The first-order chi connectivity index (χ1) is 5.77. The van der Waals surface area contributed by atoms with E-state index in [2.05, 4.69) is 19.2 Å². The Balaban J connectivity index is 2.00. The van der Waals surface area contributed by atoms with Crippen LogP contribution in [0.2, 0.25) is 0 Å². The van der Waals surface area contributed by atoms with Gasteiger partial charge < -0.3 is 5.32 Å². The van der Waals surface area contributed by atoms with Gasteiger partial charge in [-0.2, -0.15) is 0 Å². The van der Waals surface area contributed by atoms with E-state index in [-0.39, 0.29) is 0 Å². The summed E-state index contributed by atoms with van der Waals surface area (Å²) in [7, 11) is 0. The van der Waals surface area contributed by atoms with Crippen molar-refractivity contribution in [2.24, 2.45) is 11.8 Å². The summed E-state index contributed by atoms with van der Waals surface area (Å²) in [6.45, 7) is 4.75. The molecule has 1 heterocycles. The zero-order valence-electron chi connectivity index (χ0n) is 8.34. The lowest BCUT2D eigenvalue weighted by atomic mass is 9.73. The molecule has 2 fully saturated rings. The quantitative estimate of drug-likeness (QED) is 0.584. The molecule has 1 saturated carbocycles. The van der Waals surface area contributed by atoms with E-state index >= 15 is 0 Å². The third-order valence-corrected chi connectivity index (χ3v) is 3.80. The summed E-state index contributed by atoms with van der Waals surface area (Å²) in [5.74, 6) is 1.93. The van der Waals surface area contributed by atoms with Gasteiger partial charge in [0.2, 0.25) is 0 Å². The molecular formula is C11H21N. The summed E-state index contributed by atoms with van der Waals surface area (Å²) in [5.41, 5.74) is 0. The van der Waals surface area contributed by atoms with Crippen molar-refractivity contribution in [3.8, 4) is 0 Å². The van der Waals surface area contributed by atoms with Crippen LogP contribution in [0.25, 0.3) is 0 Å². The standard InChI is InChI=1S/C11H21N/c1-8-4-3-5-10-7-6-9(2)12-11(8)10/h8-12H,3-7H2,1-2H3/t8-,9-,10+,11+/m0/s1. The summed E-state index contributed by atoms with van der Waals surface area (Å²) in [5, 5.41) is 3.77. The number of hydrogen-bond acceptors (Lipinski definition) is 1. The van der Waals surface area contributed by atoms with E-state index in [1.54, 1.807) is 0 Å². The molecule has 2 aliphatic rings. The van der Waals surface area contributed by atoms with Gasteiger partial charge in [0.05, 0.1) is 0 Å². The van der Waals surface area contributed by atoms with Gasteiger partial charge in [0.25, 0.3) is 0 Å². The first kappa shape index (κ1) is 8.55. The van der Waals surface area contributed by atoms with E-state index in [1.165, 1.54) is 32.1 Å². The largest absolute Gasteiger partial charge is 0.311 e. The molecule has 0 unspecified atom stereocenters. The van der Waals surface area contributed by atoms with Gasteiger partial charge in [0.1, 0.15) is 0 Å². The van der Waals surface area contributed by atoms with Crippen LogP contribution >= 0.6 is 0 Å². The minimum absolute atomic E-state index is 0.770. The van der Waals surface area contributed by atoms with Crippen molar-refractivity contribution in [2.75, 3.05) is 0 Å². The van der Waals surface area contributed by atoms with Crippen molar-refractivity contribution < 1.29 is 0 Å². The number of fused-ring (bicyclic) bond motifs is 1. The third-order valence-electron chi connectivity index (χ3n) is 3.80.